The van der Waals surface area contributed by atoms with Gasteiger partial charge in [0, 0.05) is 32.4 Å². The van der Waals surface area contributed by atoms with Gasteiger partial charge in [-0.05, 0) is 0 Å². The Hall–Kier alpha value is -1.36. The number of hydrogen-bond acceptors (Lipinski definition) is 4. The van der Waals surface area contributed by atoms with Gasteiger partial charge in [0.05, 0.1) is 0 Å². The maximum atomic E-state index is 10.5. The van der Waals surface area contributed by atoms with Gasteiger partial charge in [0.25, 0.3) is 0 Å². The van der Waals surface area contributed by atoms with Crippen molar-refractivity contribution in [3.05, 3.63) is 17.5 Å². The molecule has 0 atom stereocenters. The van der Waals surface area contributed by atoms with Gasteiger partial charge in [-0.3, -0.25) is 4.79 Å². The normalized spacial score (nSPS) is 9.57. The van der Waals surface area contributed by atoms with Crippen LogP contribution in [0.3, 0.4) is 0 Å². The molecule has 2 N–H and O–H groups in total. The van der Waals surface area contributed by atoms with E-state index in [-0.39, 0.29) is 5.91 Å². The highest BCUT2D eigenvalue weighted by atomic mass is 35.5. The maximum Gasteiger partial charge on any atom is 0.216 e. The summed E-state index contributed by atoms with van der Waals surface area (Å²) in [7, 11) is 0. The van der Waals surface area contributed by atoms with E-state index in [2.05, 4.69) is 20.6 Å². The van der Waals surface area contributed by atoms with Crippen LogP contribution in [0.25, 0.3) is 0 Å². The van der Waals surface area contributed by atoms with E-state index in [4.69, 9.17) is 11.6 Å². The molecule has 0 spiro atoms. The summed E-state index contributed by atoms with van der Waals surface area (Å²) in [5, 5.41) is 5.92. The van der Waals surface area contributed by atoms with Crippen LogP contribution in [0, 0.1) is 0 Å². The minimum Gasteiger partial charge on any atom is -0.366 e. The summed E-state index contributed by atoms with van der Waals surface area (Å²) < 4.78 is 0. The smallest absolute Gasteiger partial charge is 0.216 e. The van der Waals surface area contributed by atoms with Gasteiger partial charge in [0.2, 0.25) is 5.91 Å². The Morgan fingerprint density at radius 3 is 2.79 bits per heavy atom. The number of carbonyl (C=O) groups excluding carboxylic acids is 1. The van der Waals surface area contributed by atoms with Gasteiger partial charge in [-0.2, -0.15) is 0 Å². The minimum absolute atomic E-state index is 0.0583. The number of anilines is 1. The van der Waals surface area contributed by atoms with Crippen molar-refractivity contribution in [1.29, 1.82) is 0 Å². The molecule has 0 aliphatic rings. The lowest BCUT2D eigenvalue weighted by Crippen LogP contribution is -2.26. The van der Waals surface area contributed by atoms with Crippen LogP contribution >= 0.6 is 11.6 Å². The second-order valence-electron chi connectivity index (χ2n) is 2.61. The van der Waals surface area contributed by atoms with Crippen molar-refractivity contribution >= 4 is 23.3 Å². The molecule has 1 heterocycles. The summed E-state index contributed by atoms with van der Waals surface area (Å²) in [5.41, 5.74) is 0. The third-order valence-electron chi connectivity index (χ3n) is 1.44. The first-order valence-corrected chi connectivity index (χ1v) is 4.53. The Balaban J connectivity index is 2.31. The molecular formula is C8H11ClN4O. The van der Waals surface area contributed by atoms with Crippen molar-refractivity contribution in [1.82, 2.24) is 15.3 Å². The van der Waals surface area contributed by atoms with Gasteiger partial charge in [-0.15, -0.1) is 0 Å². The summed E-state index contributed by atoms with van der Waals surface area (Å²) in [6, 6.07) is 0. The zero-order valence-corrected chi connectivity index (χ0v) is 8.51. The maximum absolute atomic E-state index is 10.5. The average Bonchev–Trinajstić information content (AvgIpc) is 2.15. The van der Waals surface area contributed by atoms with Crippen LogP contribution in [0.1, 0.15) is 6.92 Å². The Kier molecular flexibility index (Phi) is 4.12. The molecule has 0 aliphatic heterocycles. The van der Waals surface area contributed by atoms with Crippen LogP contribution in [0.4, 0.5) is 5.82 Å². The van der Waals surface area contributed by atoms with Gasteiger partial charge in [-0.25, -0.2) is 9.97 Å². The second-order valence-corrected chi connectivity index (χ2v) is 2.96. The Morgan fingerprint density at radius 2 is 2.14 bits per heavy atom. The van der Waals surface area contributed by atoms with E-state index in [9.17, 15) is 4.79 Å². The summed E-state index contributed by atoms with van der Waals surface area (Å²) in [6.07, 6.45) is 3.06. The molecule has 0 saturated carbocycles. The van der Waals surface area contributed by atoms with Crippen molar-refractivity contribution in [3.63, 3.8) is 0 Å². The minimum atomic E-state index is -0.0583. The molecule has 76 valence electrons. The molecule has 1 aromatic rings. The molecule has 0 bridgehead atoms. The summed E-state index contributed by atoms with van der Waals surface area (Å²) in [5.74, 6) is 0.469. The molecule has 1 rings (SSSR count). The number of halogens is 1. The Bertz CT molecular complexity index is 318. The second kappa shape index (κ2) is 5.39. The predicted octanol–water partition coefficient (Wildman–Crippen LogP) is 0.678. The third-order valence-corrected chi connectivity index (χ3v) is 1.72. The van der Waals surface area contributed by atoms with Crippen LogP contribution in [0.5, 0.6) is 0 Å². The first-order chi connectivity index (χ1) is 6.70. The SMILES string of the molecule is CC(=O)NCCNc1nccnc1Cl. The largest absolute Gasteiger partial charge is 0.366 e. The van der Waals surface area contributed by atoms with Crippen LogP contribution in [0.2, 0.25) is 5.15 Å². The lowest BCUT2D eigenvalue weighted by molar-refractivity contribution is -0.118. The highest BCUT2D eigenvalue weighted by Gasteiger charge is 1.99. The standard InChI is InChI=1S/C8H11ClN4O/c1-6(14)10-2-4-12-8-7(9)11-3-5-13-8/h3,5H,2,4H2,1H3,(H,10,14)(H,12,13). The fourth-order valence-corrected chi connectivity index (χ4v) is 1.03. The monoisotopic (exact) mass is 214 g/mol. The first kappa shape index (κ1) is 10.7. The molecule has 1 amide bonds. The quantitative estimate of drug-likeness (QED) is 0.724. The molecule has 5 nitrogen and oxygen atoms in total. The lowest BCUT2D eigenvalue weighted by Gasteiger charge is -2.06. The van der Waals surface area contributed by atoms with E-state index in [1.807, 2.05) is 0 Å². The van der Waals surface area contributed by atoms with Crippen molar-refractivity contribution in [2.45, 2.75) is 6.92 Å². The van der Waals surface area contributed by atoms with Crippen molar-refractivity contribution in [3.8, 4) is 0 Å². The molecule has 0 saturated heterocycles. The van der Waals surface area contributed by atoms with Crippen LogP contribution in [0.15, 0.2) is 12.4 Å². The molecule has 0 fully saturated rings. The Morgan fingerprint density at radius 1 is 1.43 bits per heavy atom. The molecular weight excluding hydrogens is 204 g/mol. The highest BCUT2D eigenvalue weighted by Crippen LogP contribution is 2.12. The average molecular weight is 215 g/mol. The number of hydrogen-bond donors (Lipinski definition) is 2. The molecule has 0 radical (unpaired) electrons. The first-order valence-electron chi connectivity index (χ1n) is 4.15. The van der Waals surface area contributed by atoms with Crippen LogP contribution in [-0.4, -0.2) is 29.0 Å². The molecule has 1 aromatic heterocycles. The third kappa shape index (κ3) is 3.57. The number of nitrogens with zero attached hydrogens (tertiary/aromatic N) is 2. The van der Waals surface area contributed by atoms with E-state index in [0.29, 0.717) is 24.1 Å². The summed E-state index contributed by atoms with van der Waals surface area (Å²) >= 11 is 5.74. The molecule has 14 heavy (non-hydrogen) atoms. The zero-order valence-electron chi connectivity index (χ0n) is 7.75. The molecule has 0 aromatic carbocycles. The summed E-state index contributed by atoms with van der Waals surface area (Å²) in [6.45, 7) is 2.57. The predicted molar refractivity (Wildman–Crippen MR) is 54.2 cm³/mol. The van der Waals surface area contributed by atoms with E-state index in [1.165, 1.54) is 13.1 Å². The fraction of sp³-hybridized carbons (Fsp3) is 0.375. The highest BCUT2D eigenvalue weighted by molar-refractivity contribution is 6.31. The van der Waals surface area contributed by atoms with E-state index in [0.717, 1.165) is 0 Å². The van der Waals surface area contributed by atoms with Gasteiger partial charge in [0.1, 0.15) is 0 Å². The summed E-state index contributed by atoms with van der Waals surface area (Å²) in [4.78, 5) is 18.4. The number of aromatic nitrogens is 2. The van der Waals surface area contributed by atoms with Crippen molar-refractivity contribution < 1.29 is 4.79 Å². The van der Waals surface area contributed by atoms with Crippen LogP contribution in [-0.2, 0) is 4.79 Å². The molecule has 0 aliphatic carbocycles. The van der Waals surface area contributed by atoms with Crippen molar-refractivity contribution in [2.75, 3.05) is 18.4 Å². The fourth-order valence-electron chi connectivity index (χ4n) is 0.859. The molecule has 6 heteroatoms. The van der Waals surface area contributed by atoms with Gasteiger partial charge < -0.3 is 10.6 Å². The molecule has 0 unspecified atom stereocenters. The van der Waals surface area contributed by atoms with Gasteiger partial charge in [0.15, 0.2) is 11.0 Å². The number of nitrogens with one attached hydrogen (secondary N) is 2. The lowest BCUT2D eigenvalue weighted by atomic mass is 10.5. The van der Waals surface area contributed by atoms with E-state index in [1.54, 1.807) is 6.20 Å². The van der Waals surface area contributed by atoms with Crippen molar-refractivity contribution in [2.24, 2.45) is 0 Å². The van der Waals surface area contributed by atoms with Crippen LogP contribution < -0.4 is 10.6 Å². The van der Waals surface area contributed by atoms with Gasteiger partial charge in [-0.1, -0.05) is 11.6 Å². The van der Waals surface area contributed by atoms with Gasteiger partial charge >= 0.3 is 0 Å². The van der Waals surface area contributed by atoms with E-state index < -0.39 is 0 Å². The number of carbonyl (C=O) groups is 1. The number of amides is 1. The Labute approximate surface area is 86.9 Å². The number of rotatable bonds is 4. The zero-order chi connectivity index (χ0) is 10.4. The topological polar surface area (TPSA) is 66.9 Å². The van der Waals surface area contributed by atoms with E-state index >= 15 is 0 Å².